The summed E-state index contributed by atoms with van der Waals surface area (Å²) in [6, 6.07) is 13.9. The second-order valence-electron chi connectivity index (χ2n) is 8.99. The number of ether oxygens (including phenoxy) is 1. The third-order valence-corrected chi connectivity index (χ3v) is 7.02. The van der Waals surface area contributed by atoms with Crippen LogP contribution in [0.3, 0.4) is 0 Å². The first-order valence-electron chi connectivity index (χ1n) is 11.4. The molecule has 3 unspecified atom stereocenters. The Morgan fingerprint density at radius 3 is 2.70 bits per heavy atom. The van der Waals surface area contributed by atoms with Crippen molar-refractivity contribution in [1.82, 2.24) is 9.88 Å². The average Bonchev–Trinajstić information content (AvgIpc) is 3.38. The molecular formula is C25H28N4O3S. The van der Waals surface area contributed by atoms with E-state index < -0.39 is 5.92 Å². The highest BCUT2D eigenvalue weighted by atomic mass is 32.1. The standard InChI is InChI=1S/C25H28N4O3S/c1-16-11-28(12-17(2)32-16)14-20-15-33-25(26-20)27-24(31)19-10-23(30)29(13-19)22-9-5-7-18-6-3-4-8-21(18)22/h3-9,15-17,19H,10-14H2,1-2H3,(H,26,27,31). The van der Waals surface area contributed by atoms with Crippen LogP contribution < -0.4 is 10.2 Å². The minimum Gasteiger partial charge on any atom is -0.373 e. The number of thiazole rings is 1. The number of aromatic nitrogens is 1. The van der Waals surface area contributed by atoms with E-state index in [-0.39, 0.29) is 30.4 Å². The Hall–Kier alpha value is -2.81. The van der Waals surface area contributed by atoms with Gasteiger partial charge in [0.2, 0.25) is 11.8 Å². The number of rotatable bonds is 5. The van der Waals surface area contributed by atoms with Crippen molar-refractivity contribution in [2.45, 2.75) is 39.0 Å². The summed E-state index contributed by atoms with van der Waals surface area (Å²) < 4.78 is 5.79. The highest BCUT2D eigenvalue weighted by molar-refractivity contribution is 7.13. The Balaban J connectivity index is 1.23. The van der Waals surface area contributed by atoms with Crippen LogP contribution in [0.2, 0.25) is 0 Å². The number of carbonyl (C=O) groups excluding carboxylic acids is 2. The molecule has 0 saturated carbocycles. The van der Waals surface area contributed by atoms with Crippen LogP contribution in [0.1, 0.15) is 26.0 Å². The van der Waals surface area contributed by atoms with Gasteiger partial charge in [-0.15, -0.1) is 11.3 Å². The largest absolute Gasteiger partial charge is 0.373 e. The van der Waals surface area contributed by atoms with Crippen molar-refractivity contribution in [2.24, 2.45) is 5.92 Å². The Morgan fingerprint density at radius 1 is 1.12 bits per heavy atom. The second kappa shape index (κ2) is 9.21. The third-order valence-electron chi connectivity index (χ3n) is 6.22. The minimum atomic E-state index is -0.398. The first kappa shape index (κ1) is 22.0. The molecule has 2 aliphatic rings. The van der Waals surface area contributed by atoms with Crippen molar-refractivity contribution >= 4 is 44.7 Å². The lowest BCUT2D eigenvalue weighted by Crippen LogP contribution is -2.44. The molecule has 1 N–H and O–H groups in total. The molecule has 0 radical (unpaired) electrons. The lowest BCUT2D eigenvalue weighted by atomic mass is 10.1. The van der Waals surface area contributed by atoms with Crippen LogP contribution in [0.25, 0.3) is 10.8 Å². The Morgan fingerprint density at radius 2 is 1.88 bits per heavy atom. The monoisotopic (exact) mass is 464 g/mol. The molecule has 0 aliphatic carbocycles. The number of hydrogen-bond donors (Lipinski definition) is 1. The van der Waals surface area contributed by atoms with Gasteiger partial charge in [-0.2, -0.15) is 0 Å². The van der Waals surface area contributed by atoms with E-state index in [1.54, 1.807) is 4.90 Å². The number of morpholine rings is 1. The molecule has 1 aromatic heterocycles. The van der Waals surface area contributed by atoms with Gasteiger partial charge in [0.05, 0.1) is 29.5 Å². The highest BCUT2D eigenvalue weighted by Gasteiger charge is 2.36. The predicted molar refractivity (Wildman–Crippen MR) is 130 cm³/mol. The molecular weight excluding hydrogens is 436 g/mol. The Bertz CT molecular complexity index is 1160. The number of fused-ring (bicyclic) bond motifs is 1. The van der Waals surface area contributed by atoms with Crippen LogP contribution >= 0.6 is 11.3 Å². The molecule has 8 heteroatoms. The van der Waals surface area contributed by atoms with E-state index in [4.69, 9.17) is 4.74 Å². The van der Waals surface area contributed by atoms with E-state index in [2.05, 4.69) is 29.0 Å². The molecule has 5 rings (SSSR count). The van der Waals surface area contributed by atoms with Crippen LogP contribution in [-0.2, 0) is 20.9 Å². The van der Waals surface area contributed by atoms with Gasteiger partial charge in [-0.1, -0.05) is 36.4 Å². The highest BCUT2D eigenvalue weighted by Crippen LogP contribution is 2.32. The zero-order chi connectivity index (χ0) is 22.9. The van der Waals surface area contributed by atoms with Gasteiger partial charge in [0.25, 0.3) is 0 Å². The molecule has 0 spiro atoms. The summed E-state index contributed by atoms with van der Waals surface area (Å²) in [6.07, 6.45) is 0.615. The van der Waals surface area contributed by atoms with Gasteiger partial charge in [0.15, 0.2) is 5.13 Å². The first-order valence-corrected chi connectivity index (χ1v) is 12.3. The van der Waals surface area contributed by atoms with E-state index in [0.717, 1.165) is 41.8 Å². The van der Waals surface area contributed by atoms with Crippen LogP contribution in [0.5, 0.6) is 0 Å². The van der Waals surface area contributed by atoms with Gasteiger partial charge in [0.1, 0.15) is 0 Å². The van der Waals surface area contributed by atoms with E-state index >= 15 is 0 Å². The van der Waals surface area contributed by atoms with Crippen LogP contribution in [0.4, 0.5) is 10.8 Å². The Kier molecular flexibility index (Phi) is 6.14. The molecule has 172 valence electrons. The van der Waals surface area contributed by atoms with E-state index in [0.29, 0.717) is 11.7 Å². The zero-order valence-corrected chi connectivity index (χ0v) is 19.7. The number of amides is 2. The zero-order valence-electron chi connectivity index (χ0n) is 18.9. The molecule has 2 aromatic carbocycles. The van der Waals surface area contributed by atoms with Gasteiger partial charge in [0, 0.05) is 43.4 Å². The smallest absolute Gasteiger partial charge is 0.231 e. The maximum Gasteiger partial charge on any atom is 0.231 e. The normalized spacial score (nSPS) is 23.9. The van der Waals surface area contributed by atoms with Crippen LogP contribution in [0, 0.1) is 5.92 Å². The number of nitrogens with one attached hydrogen (secondary N) is 1. The molecule has 2 fully saturated rings. The van der Waals surface area contributed by atoms with Crippen molar-refractivity contribution in [3.05, 3.63) is 53.5 Å². The summed E-state index contributed by atoms with van der Waals surface area (Å²) in [5.41, 5.74) is 1.80. The van der Waals surface area contributed by atoms with E-state index in [1.165, 1.54) is 11.3 Å². The van der Waals surface area contributed by atoms with Gasteiger partial charge >= 0.3 is 0 Å². The van der Waals surface area contributed by atoms with Crippen LogP contribution in [-0.4, -0.2) is 53.5 Å². The Labute approximate surface area is 197 Å². The molecule has 3 aromatic rings. The molecule has 3 heterocycles. The molecule has 2 amide bonds. The minimum absolute atomic E-state index is 0.0260. The van der Waals surface area contributed by atoms with Gasteiger partial charge < -0.3 is 15.0 Å². The SMILES string of the molecule is CC1CN(Cc2csc(NC(=O)C3CC(=O)N(c4cccc5ccccc45)C3)n2)CC(C)O1. The average molecular weight is 465 g/mol. The molecule has 0 bridgehead atoms. The van der Waals surface area contributed by atoms with Crippen molar-refractivity contribution in [3.8, 4) is 0 Å². The lowest BCUT2D eigenvalue weighted by Gasteiger charge is -2.34. The van der Waals surface area contributed by atoms with Crippen molar-refractivity contribution in [3.63, 3.8) is 0 Å². The third kappa shape index (κ3) is 4.78. The maximum absolute atomic E-state index is 12.9. The molecule has 33 heavy (non-hydrogen) atoms. The molecule has 2 saturated heterocycles. The van der Waals surface area contributed by atoms with Crippen molar-refractivity contribution < 1.29 is 14.3 Å². The number of benzene rings is 2. The maximum atomic E-state index is 12.9. The molecule has 7 nitrogen and oxygen atoms in total. The van der Waals surface area contributed by atoms with Crippen molar-refractivity contribution in [1.29, 1.82) is 0 Å². The van der Waals surface area contributed by atoms with E-state index in [9.17, 15) is 9.59 Å². The quantitative estimate of drug-likeness (QED) is 0.620. The number of nitrogens with zero attached hydrogens (tertiary/aromatic N) is 3. The fourth-order valence-corrected chi connectivity index (χ4v) is 5.55. The number of anilines is 2. The fraction of sp³-hybridized carbons (Fsp3) is 0.400. The number of carbonyl (C=O) groups is 2. The number of hydrogen-bond acceptors (Lipinski definition) is 6. The second-order valence-corrected chi connectivity index (χ2v) is 9.85. The predicted octanol–water partition coefficient (Wildman–Crippen LogP) is 3.90. The van der Waals surface area contributed by atoms with Gasteiger partial charge in [-0.05, 0) is 25.3 Å². The van der Waals surface area contributed by atoms with Crippen LogP contribution in [0.15, 0.2) is 47.8 Å². The van der Waals surface area contributed by atoms with Gasteiger partial charge in [-0.3, -0.25) is 14.5 Å². The summed E-state index contributed by atoms with van der Waals surface area (Å²) in [7, 11) is 0. The summed E-state index contributed by atoms with van der Waals surface area (Å²) in [5.74, 6) is -0.577. The summed E-state index contributed by atoms with van der Waals surface area (Å²) >= 11 is 1.43. The lowest BCUT2D eigenvalue weighted by molar-refractivity contribution is -0.122. The summed E-state index contributed by atoms with van der Waals surface area (Å²) in [4.78, 5) is 34.4. The van der Waals surface area contributed by atoms with Gasteiger partial charge in [-0.25, -0.2) is 4.98 Å². The fourth-order valence-electron chi connectivity index (χ4n) is 4.85. The molecule has 3 atom stereocenters. The summed E-state index contributed by atoms with van der Waals surface area (Å²) in [6.45, 7) is 7.02. The molecule has 2 aliphatic heterocycles. The topological polar surface area (TPSA) is 74.8 Å². The van der Waals surface area contributed by atoms with Crippen molar-refractivity contribution in [2.75, 3.05) is 29.9 Å². The van der Waals surface area contributed by atoms with E-state index in [1.807, 2.05) is 47.8 Å². The summed E-state index contributed by atoms with van der Waals surface area (Å²) in [5, 5.41) is 7.61. The first-order chi connectivity index (χ1) is 16.0.